The van der Waals surface area contributed by atoms with Gasteiger partial charge in [0.1, 0.15) is 0 Å². The molecule has 2 rings (SSSR count). The minimum Gasteiger partial charge on any atom is -0.309 e. The first kappa shape index (κ1) is 16.2. The van der Waals surface area contributed by atoms with Gasteiger partial charge in [-0.05, 0) is 19.4 Å². The van der Waals surface area contributed by atoms with Gasteiger partial charge in [0.25, 0.3) is 0 Å². The van der Waals surface area contributed by atoms with Gasteiger partial charge in [0.05, 0.1) is 6.20 Å². The number of nitrogens with one attached hydrogen (secondary N) is 1. The van der Waals surface area contributed by atoms with Gasteiger partial charge < -0.3 is 5.32 Å². The van der Waals surface area contributed by atoms with Crippen molar-refractivity contribution in [1.82, 2.24) is 15.1 Å². The van der Waals surface area contributed by atoms with E-state index >= 15 is 0 Å². The number of aromatic nitrogens is 2. The fraction of sp³-hybridized carbons (Fsp3) is 0.800. The Kier molecular flexibility index (Phi) is 6.78. The molecule has 1 aromatic heterocycles. The number of rotatable bonds is 7. The lowest BCUT2D eigenvalue weighted by Gasteiger charge is -2.34. The van der Waals surface area contributed by atoms with E-state index < -0.39 is 0 Å². The van der Waals surface area contributed by atoms with Crippen molar-refractivity contribution in [2.24, 2.45) is 0 Å². The number of hydrogen-bond donors (Lipinski definition) is 1. The van der Waals surface area contributed by atoms with Crippen LogP contribution in [-0.2, 0) is 6.54 Å². The van der Waals surface area contributed by atoms with Gasteiger partial charge in [-0.3, -0.25) is 4.68 Å². The molecule has 0 saturated carbocycles. The molecular weight excluding hydrogens is 286 g/mol. The topological polar surface area (TPSA) is 29.9 Å². The molecule has 1 aliphatic rings. The van der Waals surface area contributed by atoms with Gasteiger partial charge in [-0.1, -0.05) is 20.8 Å². The number of nitrogens with zero attached hydrogens (tertiary/aromatic N) is 2. The lowest BCUT2D eigenvalue weighted by atomic mass is 10.0. The number of thioether (sulfide) groups is 2. The summed E-state index contributed by atoms with van der Waals surface area (Å²) in [6, 6.07) is 0.438. The third kappa shape index (κ3) is 4.18. The molecule has 1 fully saturated rings. The average molecular weight is 314 g/mol. The maximum Gasteiger partial charge on any atom is 0.0538 e. The molecule has 1 saturated heterocycles. The number of aryl methyl sites for hydroxylation is 1. The van der Waals surface area contributed by atoms with Crippen LogP contribution in [0.3, 0.4) is 0 Å². The average Bonchev–Trinajstić information content (AvgIpc) is 2.90. The first-order valence-corrected chi connectivity index (χ1v) is 9.85. The quantitative estimate of drug-likeness (QED) is 0.833. The van der Waals surface area contributed by atoms with Gasteiger partial charge in [0, 0.05) is 46.4 Å². The maximum atomic E-state index is 4.52. The monoisotopic (exact) mass is 313 g/mol. The Morgan fingerprint density at radius 2 is 2.15 bits per heavy atom. The Morgan fingerprint density at radius 3 is 2.85 bits per heavy atom. The van der Waals surface area contributed by atoms with Gasteiger partial charge in [0.2, 0.25) is 0 Å². The second-order valence-corrected chi connectivity index (χ2v) is 8.15. The van der Waals surface area contributed by atoms with Gasteiger partial charge in [-0.2, -0.15) is 28.6 Å². The third-order valence-corrected chi connectivity index (χ3v) is 6.84. The van der Waals surface area contributed by atoms with Crippen LogP contribution in [0.25, 0.3) is 0 Å². The van der Waals surface area contributed by atoms with Crippen LogP contribution in [0, 0.1) is 0 Å². The van der Waals surface area contributed by atoms with Crippen LogP contribution in [-0.4, -0.2) is 38.3 Å². The van der Waals surface area contributed by atoms with Gasteiger partial charge in [0.15, 0.2) is 0 Å². The molecule has 1 N–H and O–H groups in total. The number of hydrogen-bond acceptors (Lipinski definition) is 4. The van der Waals surface area contributed by atoms with E-state index in [1.54, 1.807) is 0 Å². The summed E-state index contributed by atoms with van der Waals surface area (Å²) >= 11 is 4.24. The van der Waals surface area contributed by atoms with Crippen LogP contribution in [0.1, 0.15) is 45.2 Å². The van der Waals surface area contributed by atoms with Gasteiger partial charge >= 0.3 is 0 Å². The standard InChI is InChI=1S/C15H27N3S2/c1-4-6-16-14(15-12(3)19-8-9-20-15)13-10-17-18(11-13)7-5-2/h10-12,14-16H,4-9H2,1-3H3. The summed E-state index contributed by atoms with van der Waals surface area (Å²) in [5.41, 5.74) is 1.36. The molecule has 0 radical (unpaired) electrons. The summed E-state index contributed by atoms with van der Waals surface area (Å²) in [6.45, 7) is 8.90. The Morgan fingerprint density at radius 1 is 1.35 bits per heavy atom. The molecular formula is C15H27N3S2. The zero-order chi connectivity index (χ0) is 14.4. The van der Waals surface area contributed by atoms with E-state index in [0.717, 1.165) is 19.5 Å². The molecule has 1 aromatic rings. The summed E-state index contributed by atoms with van der Waals surface area (Å²) in [4.78, 5) is 0. The van der Waals surface area contributed by atoms with Crippen molar-refractivity contribution in [2.45, 2.75) is 56.7 Å². The van der Waals surface area contributed by atoms with Crippen LogP contribution < -0.4 is 5.32 Å². The van der Waals surface area contributed by atoms with Crippen molar-refractivity contribution in [3.8, 4) is 0 Å². The zero-order valence-electron chi connectivity index (χ0n) is 12.8. The molecule has 0 aliphatic carbocycles. The van der Waals surface area contributed by atoms with E-state index in [-0.39, 0.29) is 0 Å². The predicted octanol–water partition coefficient (Wildman–Crippen LogP) is 3.57. The van der Waals surface area contributed by atoms with Crippen molar-refractivity contribution in [3.05, 3.63) is 18.0 Å². The summed E-state index contributed by atoms with van der Waals surface area (Å²) in [6.07, 6.45) is 6.62. The molecule has 3 unspecified atom stereocenters. The van der Waals surface area contributed by atoms with Crippen LogP contribution in [0.4, 0.5) is 0 Å². The molecule has 0 amide bonds. The minimum atomic E-state index is 0.438. The van der Waals surface area contributed by atoms with Crippen LogP contribution in [0.5, 0.6) is 0 Å². The Hall–Kier alpha value is -0.130. The Bertz CT molecular complexity index is 394. The first-order valence-electron chi connectivity index (χ1n) is 7.75. The highest BCUT2D eigenvalue weighted by Crippen LogP contribution is 2.38. The highest BCUT2D eigenvalue weighted by atomic mass is 32.2. The molecule has 0 aromatic carbocycles. The molecule has 20 heavy (non-hydrogen) atoms. The predicted molar refractivity (Wildman–Crippen MR) is 91.7 cm³/mol. The zero-order valence-corrected chi connectivity index (χ0v) is 14.5. The molecule has 3 nitrogen and oxygen atoms in total. The van der Waals surface area contributed by atoms with E-state index in [9.17, 15) is 0 Å². The lowest BCUT2D eigenvalue weighted by Crippen LogP contribution is -2.38. The van der Waals surface area contributed by atoms with Crippen LogP contribution in [0.15, 0.2) is 12.4 Å². The van der Waals surface area contributed by atoms with Crippen molar-refractivity contribution < 1.29 is 0 Å². The van der Waals surface area contributed by atoms with Crippen molar-refractivity contribution in [3.63, 3.8) is 0 Å². The van der Waals surface area contributed by atoms with Crippen LogP contribution in [0.2, 0.25) is 0 Å². The fourth-order valence-corrected chi connectivity index (χ4v) is 5.58. The largest absolute Gasteiger partial charge is 0.309 e. The summed E-state index contributed by atoms with van der Waals surface area (Å²) in [7, 11) is 0. The summed E-state index contributed by atoms with van der Waals surface area (Å²) < 4.78 is 2.08. The molecule has 114 valence electrons. The molecule has 3 atom stereocenters. The van der Waals surface area contributed by atoms with Gasteiger partial charge in [-0.15, -0.1) is 0 Å². The third-order valence-electron chi connectivity index (χ3n) is 3.64. The molecule has 5 heteroatoms. The normalized spacial score (nSPS) is 24.8. The fourth-order valence-electron chi connectivity index (χ4n) is 2.63. The Labute approximate surface area is 131 Å². The Balaban J connectivity index is 2.12. The highest BCUT2D eigenvalue weighted by molar-refractivity contribution is 8.07. The highest BCUT2D eigenvalue weighted by Gasteiger charge is 2.31. The van der Waals surface area contributed by atoms with E-state index in [1.807, 2.05) is 0 Å². The SMILES string of the molecule is CCCNC(c1cnn(CCC)c1)C1SCCSC1C. The molecule has 0 bridgehead atoms. The second kappa shape index (κ2) is 8.35. The molecule has 1 aliphatic heterocycles. The van der Waals surface area contributed by atoms with Crippen molar-refractivity contribution >= 4 is 23.5 Å². The van der Waals surface area contributed by atoms with E-state index in [2.05, 4.69) is 71.8 Å². The summed E-state index contributed by atoms with van der Waals surface area (Å²) in [5, 5.41) is 9.63. The second-order valence-electron chi connectivity index (χ2n) is 5.38. The first-order chi connectivity index (χ1) is 9.76. The minimum absolute atomic E-state index is 0.438. The maximum absolute atomic E-state index is 4.52. The smallest absolute Gasteiger partial charge is 0.0538 e. The molecule has 2 heterocycles. The van der Waals surface area contributed by atoms with E-state index in [4.69, 9.17) is 0 Å². The van der Waals surface area contributed by atoms with Crippen LogP contribution >= 0.6 is 23.5 Å². The van der Waals surface area contributed by atoms with Gasteiger partial charge in [-0.25, -0.2) is 0 Å². The summed E-state index contributed by atoms with van der Waals surface area (Å²) in [5.74, 6) is 2.56. The van der Waals surface area contributed by atoms with Crippen molar-refractivity contribution in [2.75, 3.05) is 18.1 Å². The van der Waals surface area contributed by atoms with E-state index in [1.165, 1.54) is 23.5 Å². The lowest BCUT2D eigenvalue weighted by molar-refractivity contribution is 0.507. The van der Waals surface area contributed by atoms with Crippen molar-refractivity contribution in [1.29, 1.82) is 0 Å². The molecule has 0 spiro atoms. The van der Waals surface area contributed by atoms with E-state index in [0.29, 0.717) is 16.5 Å².